The number of pyridine rings is 1. The summed E-state index contributed by atoms with van der Waals surface area (Å²) in [5, 5.41) is 7.01. The maximum atomic E-state index is 5.92. The maximum absolute atomic E-state index is 5.92. The SMILES string of the molecule is COc1ccccc1-n1c(-c2cccs2)nn(CN2CCN(Cc3ccncc3)CC2)c1=S. The molecule has 9 heteroatoms. The predicted molar refractivity (Wildman–Crippen MR) is 133 cm³/mol. The third-order valence-corrected chi connectivity index (χ3v) is 7.12. The predicted octanol–water partition coefficient (Wildman–Crippen LogP) is 4.31. The highest BCUT2D eigenvalue weighted by atomic mass is 32.1. The monoisotopic (exact) mass is 478 g/mol. The molecule has 170 valence electrons. The molecule has 1 saturated heterocycles. The molecule has 0 atom stereocenters. The minimum Gasteiger partial charge on any atom is -0.495 e. The second-order valence-corrected chi connectivity index (χ2v) is 9.29. The molecule has 0 N–H and O–H groups in total. The molecule has 0 amide bonds. The third kappa shape index (κ3) is 4.77. The van der Waals surface area contributed by atoms with E-state index in [1.807, 2.05) is 52.0 Å². The van der Waals surface area contributed by atoms with E-state index < -0.39 is 0 Å². The van der Waals surface area contributed by atoms with Crippen molar-refractivity contribution in [3.63, 3.8) is 0 Å². The van der Waals surface area contributed by atoms with E-state index in [1.165, 1.54) is 5.56 Å². The van der Waals surface area contributed by atoms with E-state index >= 15 is 0 Å². The van der Waals surface area contributed by atoms with E-state index in [1.54, 1.807) is 18.4 Å². The summed E-state index contributed by atoms with van der Waals surface area (Å²) in [6.07, 6.45) is 3.72. The van der Waals surface area contributed by atoms with Gasteiger partial charge in [-0.25, -0.2) is 4.68 Å². The molecule has 3 aromatic heterocycles. The highest BCUT2D eigenvalue weighted by Gasteiger charge is 2.21. The summed E-state index contributed by atoms with van der Waals surface area (Å²) in [5.74, 6) is 1.62. The number of nitrogens with zero attached hydrogens (tertiary/aromatic N) is 6. The minimum absolute atomic E-state index is 0.669. The number of hydrogen-bond acceptors (Lipinski definition) is 7. The van der Waals surface area contributed by atoms with Crippen molar-refractivity contribution in [1.29, 1.82) is 0 Å². The van der Waals surface area contributed by atoms with E-state index in [2.05, 4.69) is 38.4 Å². The first-order chi connectivity index (χ1) is 16.2. The van der Waals surface area contributed by atoms with E-state index in [4.69, 9.17) is 22.1 Å². The molecule has 33 heavy (non-hydrogen) atoms. The van der Waals surface area contributed by atoms with Crippen molar-refractivity contribution >= 4 is 23.6 Å². The average molecular weight is 479 g/mol. The van der Waals surface area contributed by atoms with Crippen molar-refractivity contribution in [3.05, 3.63) is 76.6 Å². The number of ether oxygens (including phenoxy) is 1. The summed E-state index contributed by atoms with van der Waals surface area (Å²) in [5.41, 5.74) is 2.21. The lowest BCUT2D eigenvalue weighted by atomic mass is 10.2. The average Bonchev–Trinajstić information content (AvgIpc) is 3.49. The summed E-state index contributed by atoms with van der Waals surface area (Å²) in [6.45, 7) is 5.61. The Morgan fingerprint density at radius 2 is 1.73 bits per heavy atom. The fourth-order valence-corrected chi connectivity index (χ4v) is 5.10. The lowest BCUT2D eigenvalue weighted by molar-refractivity contribution is 0.0981. The Morgan fingerprint density at radius 1 is 0.970 bits per heavy atom. The van der Waals surface area contributed by atoms with E-state index in [-0.39, 0.29) is 0 Å². The summed E-state index contributed by atoms with van der Waals surface area (Å²) in [6, 6.07) is 16.2. The summed E-state index contributed by atoms with van der Waals surface area (Å²) in [4.78, 5) is 10.1. The van der Waals surface area contributed by atoms with Crippen molar-refractivity contribution in [2.24, 2.45) is 0 Å². The molecule has 0 saturated carbocycles. The van der Waals surface area contributed by atoms with Crippen molar-refractivity contribution in [2.75, 3.05) is 33.3 Å². The highest BCUT2D eigenvalue weighted by Crippen LogP contribution is 2.30. The number of aromatic nitrogens is 4. The molecule has 0 spiro atoms. The van der Waals surface area contributed by atoms with Crippen LogP contribution < -0.4 is 4.74 Å². The van der Waals surface area contributed by atoms with Crippen LogP contribution in [0.3, 0.4) is 0 Å². The van der Waals surface area contributed by atoms with Crippen LogP contribution in [0.2, 0.25) is 0 Å². The van der Waals surface area contributed by atoms with Gasteiger partial charge >= 0.3 is 0 Å². The summed E-state index contributed by atoms with van der Waals surface area (Å²) >= 11 is 7.58. The number of thiophene rings is 1. The Balaban J connectivity index is 1.37. The lowest BCUT2D eigenvalue weighted by Gasteiger charge is -2.34. The van der Waals surface area contributed by atoms with Crippen molar-refractivity contribution in [1.82, 2.24) is 29.1 Å². The lowest BCUT2D eigenvalue weighted by Crippen LogP contribution is -2.46. The number of hydrogen-bond donors (Lipinski definition) is 0. The molecular formula is C24H26N6OS2. The molecule has 0 bridgehead atoms. The molecule has 1 fully saturated rings. The number of methoxy groups -OCH3 is 1. The smallest absolute Gasteiger partial charge is 0.204 e. The fraction of sp³-hybridized carbons (Fsp3) is 0.292. The summed E-state index contributed by atoms with van der Waals surface area (Å²) < 4.78 is 10.3. The first-order valence-electron chi connectivity index (χ1n) is 10.9. The van der Waals surface area contributed by atoms with Gasteiger partial charge in [-0.15, -0.1) is 16.4 Å². The summed E-state index contributed by atoms with van der Waals surface area (Å²) in [7, 11) is 1.68. The molecule has 5 rings (SSSR count). The molecule has 4 heterocycles. The van der Waals surface area contributed by atoms with Crippen molar-refractivity contribution in [2.45, 2.75) is 13.2 Å². The van der Waals surface area contributed by atoms with Crippen LogP contribution >= 0.6 is 23.6 Å². The Kier molecular flexibility index (Phi) is 6.63. The number of piperazine rings is 1. The Bertz CT molecular complexity index is 1240. The second kappa shape index (κ2) is 9.96. The molecule has 1 aliphatic rings. The normalized spacial score (nSPS) is 15.1. The molecule has 0 unspecified atom stereocenters. The molecule has 1 aliphatic heterocycles. The van der Waals surface area contributed by atoms with E-state index in [9.17, 15) is 0 Å². The van der Waals surface area contributed by atoms with Crippen LogP contribution in [-0.2, 0) is 13.2 Å². The van der Waals surface area contributed by atoms with Gasteiger partial charge in [-0.2, -0.15) is 0 Å². The number of para-hydroxylation sites is 2. The maximum Gasteiger partial charge on any atom is 0.204 e. The van der Waals surface area contributed by atoms with Crippen LogP contribution in [0.25, 0.3) is 16.4 Å². The van der Waals surface area contributed by atoms with Crippen molar-refractivity contribution < 1.29 is 4.74 Å². The second-order valence-electron chi connectivity index (χ2n) is 7.98. The first kappa shape index (κ1) is 22.0. The Labute approximate surface area is 202 Å². The fourth-order valence-electron chi connectivity index (χ4n) is 4.12. The van der Waals surface area contributed by atoms with Gasteiger partial charge in [-0.05, 0) is 53.5 Å². The quantitative estimate of drug-likeness (QED) is 0.369. The van der Waals surface area contributed by atoms with Gasteiger partial charge in [0.1, 0.15) is 5.75 Å². The van der Waals surface area contributed by atoms with Crippen molar-refractivity contribution in [3.8, 4) is 22.1 Å². The van der Waals surface area contributed by atoms with E-state index in [0.29, 0.717) is 11.4 Å². The molecule has 7 nitrogen and oxygen atoms in total. The molecule has 4 aromatic rings. The zero-order valence-corrected chi connectivity index (χ0v) is 20.1. The van der Waals surface area contributed by atoms with Crippen LogP contribution in [0.1, 0.15) is 5.56 Å². The minimum atomic E-state index is 0.669. The molecule has 0 radical (unpaired) electrons. The molecular weight excluding hydrogens is 452 g/mol. The molecule has 1 aromatic carbocycles. The van der Waals surface area contributed by atoms with Gasteiger partial charge in [0.25, 0.3) is 0 Å². The molecule has 0 aliphatic carbocycles. The van der Waals surface area contributed by atoms with Gasteiger partial charge in [-0.3, -0.25) is 19.4 Å². The van der Waals surface area contributed by atoms with Gasteiger partial charge in [0.15, 0.2) is 5.82 Å². The Hall–Kier alpha value is -2.85. The standard InChI is InChI=1S/C24H26N6OS2/c1-31-21-6-3-2-5-20(21)30-23(22-7-4-16-33-22)26-29(24(30)32)18-28-14-12-27(13-15-28)17-19-8-10-25-11-9-19/h2-11,16H,12-15,17-18H2,1H3. The highest BCUT2D eigenvalue weighted by molar-refractivity contribution is 7.71. The third-order valence-electron chi connectivity index (χ3n) is 5.86. The van der Waals surface area contributed by atoms with Gasteiger partial charge in [0, 0.05) is 45.1 Å². The van der Waals surface area contributed by atoms with Crippen LogP contribution in [-0.4, -0.2) is 62.4 Å². The zero-order chi connectivity index (χ0) is 22.6. The van der Waals surface area contributed by atoms with Gasteiger partial charge in [-0.1, -0.05) is 18.2 Å². The first-order valence-corrected chi connectivity index (χ1v) is 12.2. The zero-order valence-electron chi connectivity index (χ0n) is 18.5. The van der Waals surface area contributed by atoms with Crippen LogP contribution in [0.4, 0.5) is 0 Å². The van der Waals surface area contributed by atoms with Crippen LogP contribution in [0.15, 0.2) is 66.3 Å². The van der Waals surface area contributed by atoms with E-state index in [0.717, 1.165) is 54.9 Å². The number of benzene rings is 1. The largest absolute Gasteiger partial charge is 0.495 e. The Morgan fingerprint density at radius 3 is 2.45 bits per heavy atom. The van der Waals surface area contributed by atoms with Gasteiger partial charge < -0.3 is 4.74 Å². The van der Waals surface area contributed by atoms with Gasteiger partial charge in [0.05, 0.1) is 24.3 Å². The van der Waals surface area contributed by atoms with Gasteiger partial charge in [0.2, 0.25) is 4.77 Å². The van der Waals surface area contributed by atoms with Crippen LogP contribution in [0.5, 0.6) is 5.75 Å². The number of rotatable bonds is 7. The topological polar surface area (TPSA) is 51.4 Å². The van der Waals surface area contributed by atoms with Crippen LogP contribution in [0, 0.1) is 4.77 Å².